The molecule has 0 bridgehead atoms. The Morgan fingerprint density at radius 1 is 1.59 bits per heavy atom. The van der Waals surface area contributed by atoms with Crippen molar-refractivity contribution in [2.75, 3.05) is 17.3 Å². The third-order valence-corrected chi connectivity index (χ3v) is 4.27. The minimum Gasteiger partial charge on any atom is -0.309 e. The molecule has 1 aromatic rings. The standard InChI is InChI=1S/C13H16ClNOS/c1-3-10-4-5-11-12(6-10)17-9(2)8-15(11)13(16)7-14/h4-6,9H,3,7-8H2,1-2H3. The molecule has 92 valence electrons. The number of aryl methyl sites for hydroxylation is 1. The number of rotatable bonds is 2. The van der Waals surface area contributed by atoms with Crippen LogP contribution in [0.2, 0.25) is 0 Å². The lowest BCUT2D eigenvalue weighted by molar-refractivity contribution is -0.116. The lowest BCUT2D eigenvalue weighted by Gasteiger charge is -2.32. The van der Waals surface area contributed by atoms with E-state index < -0.39 is 0 Å². The van der Waals surface area contributed by atoms with E-state index in [1.54, 1.807) is 0 Å². The summed E-state index contributed by atoms with van der Waals surface area (Å²) in [7, 11) is 0. The number of halogens is 1. The maximum Gasteiger partial charge on any atom is 0.241 e. The number of fused-ring (bicyclic) bond motifs is 1. The summed E-state index contributed by atoms with van der Waals surface area (Å²) in [5.41, 5.74) is 2.32. The van der Waals surface area contributed by atoms with Crippen molar-refractivity contribution in [1.29, 1.82) is 0 Å². The third kappa shape index (κ3) is 2.61. The highest BCUT2D eigenvalue weighted by molar-refractivity contribution is 8.00. The van der Waals surface area contributed by atoms with Gasteiger partial charge in [0, 0.05) is 16.7 Å². The Balaban J connectivity index is 2.40. The largest absolute Gasteiger partial charge is 0.309 e. The predicted octanol–water partition coefficient (Wildman–Crippen LogP) is 3.32. The zero-order valence-corrected chi connectivity index (χ0v) is 11.6. The lowest BCUT2D eigenvalue weighted by atomic mass is 10.1. The van der Waals surface area contributed by atoms with Crippen molar-refractivity contribution >= 4 is 35.0 Å². The van der Waals surface area contributed by atoms with Gasteiger partial charge in [-0.15, -0.1) is 23.4 Å². The van der Waals surface area contributed by atoms with E-state index in [-0.39, 0.29) is 11.8 Å². The number of carbonyl (C=O) groups excluding carboxylic acids is 1. The van der Waals surface area contributed by atoms with E-state index in [0.717, 1.165) is 18.7 Å². The van der Waals surface area contributed by atoms with Gasteiger partial charge in [-0.3, -0.25) is 4.79 Å². The number of hydrogen-bond acceptors (Lipinski definition) is 2. The topological polar surface area (TPSA) is 20.3 Å². The minimum atomic E-state index is -0.00989. The van der Waals surface area contributed by atoms with Gasteiger partial charge in [-0.05, 0) is 24.1 Å². The van der Waals surface area contributed by atoms with Gasteiger partial charge in [0.25, 0.3) is 0 Å². The maximum absolute atomic E-state index is 11.8. The summed E-state index contributed by atoms with van der Waals surface area (Å²) in [6.45, 7) is 5.02. The van der Waals surface area contributed by atoms with Crippen LogP contribution < -0.4 is 4.90 Å². The van der Waals surface area contributed by atoms with Crippen LogP contribution in [0.25, 0.3) is 0 Å². The summed E-state index contributed by atoms with van der Waals surface area (Å²) in [4.78, 5) is 14.8. The van der Waals surface area contributed by atoms with E-state index in [4.69, 9.17) is 11.6 Å². The normalized spacial score (nSPS) is 19.0. The fourth-order valence-electron chi connectivity index (χ4n) is 2.01. The second-order valence-electron chi connectivity index (χ2n) is 4.22. The summed E-state index contributed by atoms with van der Waals surface area (Å²) >= 11 is 7.50. The molecule has 1 amide bonds. The van der Waals surface area contributed by atoms with Crippen LogP contribution in [0.5, 0.6) is 0 Å². The fourth-order valence-corrected chi connectivity index (χ4v) is 3.33. The first kappa shape index (κ1) is 12.8. The molecule has 0 fully saturated rings. The molecule has 1 atom stereocenters. The van der Waals surface area contributed by atoms with Gasteiger partial charge in [0.1, 0.15) is 5.88 Å². The highest BCUT2D eigenvalue weighted by Gasteiger charge is 2.26. The molecule has 2 nitrogen and oxygen atoms in total. The predicted molar refractivity (Wildman–Crippen MR) is 74.2 cm³/mol. The van der Waals surface area contributed by atoms with Crippen molar-refractivity contribution in [3.63, 3.8) is 0 Å². The molecule has 17 heavy (non-hydrogen) atoms. The van der Waals surface area contributed by atoms with Crippen LogP contribution in [0, 0.1) is 0 Å². The Bertz CT molecular complexity index is 435. The van der Waals surface area contributed by atoms with E-state index in [2.05, 4.69) is 26.0 Å². The second-order valence-corrected chi connectivity index (χ2v) is 5.97. The van der Waals surface area contributed by atoms with Crippen molar-refractivity contribution < 1.29 is 4.79 Å². The van der Waals surface area contributed by atoms with E-state index in [1.165, 1.54) is 10.5 Å². The molecule has 0 saturated carbocycles. The number of amides is 1. The average molecular weight is 270 g/mol. The number of thioether (sulfide) groups is 1. The minimum absolute atomic E-state index is 0.00989. The lowest BCUT2D eigenvalue weighted by Crippen LogP contribution is -2.39. The van der Waals surface area contributed by atoms with E-state index in [9.17, 15) is 4.79 Å². The molecular weight excluding hydrogens is 254 g/mol. The summed E-state index contributed by atoms with van der Waals surface area (Å²) < 4.78 is 0. The number of nitrogens with zero attached hydrogens (tertiary/aromatic N) is 1. The van der Waals surface area contributed by atoms with Crippen LogP contribution in [0.3, 0.4) is 0 Å². The fraction of sp³-hybridized carbons (Fsp3) is 0.462. The zero-order valence-electron chi connectivity index (χ0n) is 10.1. The number of anilines is 1. The Morgan fingerprint density at radius 2 is 2.35 bits per heavy atom. The first-order valence-corrected chi connectivity index (χ1v) is 7.23. The quantitative estimate of drug-likeness (QED) is 0.768. The number of carbonyl (C=O) groups is 1. The van der Waals surface area contributed by atoms with Crippen LogP contribution >= 0.6 is 23.4 Å². The van der Waals surface area contributed by atoms with Crippen molar-refractivity contribution in [2.45, 2.75) is 30.4 Å². The van der Waals surface area contributed by atoms with Crippen LogP contribution in [0.1, 0.15) is 19.4 Å². The van der Waals surface area contributed by atoms with Crippen molar-refractivity contribution in [2.24, 2.45) is 0 Å². The first-order valence-electron chi connectivity index (χ1n) is 5.81. The molecule has 4 heteroatoms. The van der Waals surface area contributed by atoms with Crippen molar-refractivity contribution in [1.82, 2.24) is 0 Å². The first-order chi connectivity index (χ1) is 8.15. The Morgan fingerprint density at radius 3 is 3.00 bits per heavy atom. The SMILES string of the molecule is CCc1ccc2c(c1)SC(C)CN2C(=O)CCl. The van der Waals surface area contributed by atoms with Crippen LogP contribution in [0.15, 0.2) is 23.1 Å². The molecule has 1 unspecified atom stereocenters. The second kappa shape index (κ2) is 5.32. The van der Waals surface area contributed by atoms with Crippen LogP contribution in [0.4, 0.5) is 5.69 Å². The van der Waals surface area contributed by atoms with E-state index >= 15 is 0 Å². The Labute approximate surface area is 111 Å². The van der Waals surface area contributed by atoms with Gasteiger partial charge in [-0.1, -0.05) is 19.9 Å². The molecule has 1 aliphatic heterocycles. The Kier molecular flexibility index (Phi) is 4.00. The summed E-state index contributed by atoms with van der Waals surface area (Å²) in [5.74, 6) is 0.0381. The summed E-state index contributed by atoms with van der Waals surface area (Å²) in [6, 6.07) is 6.31. The molecule has 1 aromatic carbocycles. The zero-order chi connectivity index (χ0) is 12.4. The van der Waals surface area contributed by atoms with E-state index in [0.29, 0.717) is 5.25 Å². The molecule has 0 saturated heterocycles. The van der Waals surface area contributed by atoms with Crippen LogP contribution in [-0.2, 0) is 11.2 Å². The molecule has 1 heterocycles. The monoisotopic (exact) mass is 269 g/mol. The van der Waals surface area contributed by atoms with Gasteiger partial charge in [0.05, 0.1) is 5.69 Å². The smallest absolute Gasteiger partial charge is 0.241 e. The summed E-state index contributed by atoms with van der Waals surface area (Å²) in [6.07, 6.45) is 1.02. The van der Waals surface area contributed by atoms with Gasteiger partial charge < -0.3 is 4.90 Å². The number of alkyl halides is 1. The van der Waals surface area contributed by atoms with Crippen molar-refractivity contribution in [3.8, 4) is 0 Å². The number of hydrogen-bond donors (Lipinski definition) is 0. The van der Waals surface area contributed by atoms with Gasteiger partial charge in [-0.25, -0.2) is 0 Å². The van der Waals surface area contributed by atoms with Gasteiger partial charge in [0.15, 0.2) is 0 Å². The highest BCUT2D eigenvalue weighted by atomic mass is 35.5. The van der Waals surface area contributed by atoms with Gasteiger partial charge in [-0.2, -0.15) is 0 Å². The van der Waals surface area contributed by atoms with Gasteiger partial charge in [0.2, 0.25) is 5.91 Å². The maximum atomic E-state index is 11.8. The van der Waals surface area contributed by atoms with Crippen molar-refractivity contribution in [3.05, 3.63) is 23.8 Å². The molecule has 0 aliphatic carbocycles. The van der Waals surface area contributed by atoms with Crippen LogP contribution in [-0.4, -0.2) is 23.6 Å². The highest BCUT2D eigenvalue weighted by Crippen LogP contribution is 2.39. The molecular formula is C13H16ClNOS. The third-order valence-electron chi connectivity index (χ3n) is 2.91. The average Bonchev–Trinajstić information content (AvgIpc) is 2.35. The van der Waals surface area contributed by atoms with Gasteiger partial charge >= 0.3 is 0 Å². The number of benzene rings is 1. The molecule has 1 aliphatic rings. The Hall–Kier alpha value is -0.670. The van der Waals surface area contributed by atoms with E-state index in [1.807, 2.05) is 22.7 Å². The summed E-state index contributed by atoms with van der Waals surface area (Å²) in [5, 5.41) is 0.418. The molecule has 0 spiro atoms. The molecule has 0 N–H and O–H groups in total. The molecule has 2 rings (SSSR count). The molecule has 0 radical (unpaired) electrons. The molecule has 0 aromatic heterocycles.